The normalized spacial score (nSPS) is 16.9. The number of azo groups is 1. The molecule has 3 rings (SSSR count). The lowest BCUT2D eigenvalue weighted by molar-refractivity contribution is -0.113. The van der Waals surface area contributed by atoms with Gasteiger partial charge in [0.1, 0.15) is 0 Å². The van der Waals surface area contributed by atoms with Gasteiger partial charge in [-0.1, -0.05) is 6.07 Å². The van der Waals surface area contributed by atoms with Crippen molar-refractivity contribution < 1.29 is 4.79 Å². The molecule has 0 aromatic heterocycles. The van der Waals surface area contributed by atoms with Gasteiger partial charge < -0.3 is 5.73 Å². The SMILES string of the molecule is Nc1ccc2c(c1)C=C1N=NC(=O)C=C12. The topological polar surface area (TPSA) is 67.8 Å². The van der Waals surface area contributed by atoms with E-state index in [1.54, 1.807) is 0 Å². The molecule has 1 aromatic rings. The Kier molecular flexibility index (Phi) is 1.42. The van der Waals surface area contributed by atoms with Gasteiger partial charge in [0.05, 0.1) is 5.70 Å². The summed E-state index contributed by atoms with van der Waals surface area (Å²) in [6.45, 7) is 0. The molecule has 0 atom stereocenters. The molecule has 1 heterocycles. The minimum Gasteiger partial charge on any atom is -0.399 e. The number of rotatable bonds is 0. The number of anilines is 1. The summed E-state index contributed by atoms with van der Waals surface area (Å²) < 4.78 is 0. The summed E-state index contributed by atoms with van der Waals surface area (Å²) in [5, 5.41) is 7.33. The van der Waals surface area contributed by atoms with Crippen molar-refractivity contribution in [1.82, 2.24) is 0 Å². The lowest BCUT2D eigenvalue weighted by Crippen LogP contribution is -1.95. The molecule has 2 N–H and O–H groups in total. The molecule has 0 fully saturated rings. The van der Waals surface area contributed by atoms with Crippen LogP contribution in [0.1, 0.15) is 11.1 Å². The van der Waals surface area contributed by atoms with Crippen LogP contribution >= 0.6 is 0 Å². The molecule has 72 valence electrons. The van der Waals surface area contributed by atoms with Gasteiger partial charge in [-0.05, 0) is 29.3 Å². The van der Waals surface area contributed by atoms with Crippen LogP contribution < -0.4 is 5.73 Å². The summed E-state index contributed by atoms with van der Waals surface area (Å²) in [5.41, 5.74) is 9.93. The third-order valence-corrected chi connectivity index (χ3v) is 2.46. The minimum absolute atomic E-state index is 0.313. The maximum Gasteiger partial charge on any atom is 0.288 e. The predicted octanol–water partition coefficient (Wildman–Crippen LogP) is 2.00. The standard InChI is InChI=1S/C11H7N3O/c12-7-1-2-8-6(3-7)4-10-9(8)5-11(15)14-13-10/h1-5H,12H2. The quantitative estimate of drug-likeness (QED) is 0.646. The molecule has 4 heteroatoms. The maximum absolute atomic E-state index is 11.1. The van der Waals surface area contributed by atoms with Crippen molar-refractivity contribution in [2.45, 2.75) is 0 Å². The summed E-state index contributed by atoms with van der Waals surface area (Å²) in [6.07, 6.45) is 3.38. The van der Waals surface area contributed by atoms with Gasteiger partial charge in [0.25, 0.3) is 5.91 Å². The molecule has 2 aliphatic rings. The zero-order valence-electron chi connectivity index (χ0n) is 7.77. The molecule has 1 aliphatic heterocycles. The first-order valence-corrected chi connectivity index (χ1v) is 4.53. The Hall–Kier alpha value is -2.23. The fourth-order valence-electron chi connectivity index (χ4n) is 1.80. The molecule has 15 heavy (non-hydrogen) atoms. The van der Waals surface area contributed by atoms with Gasteiger partial charge in [-0.2, -0.15) is 0 Å². The Morgan fingerprint density at radius 1 is 1.13 bits per heavy atom. The molecule has 1 aromatic carbocycles. The Morgan fingerprint density at radius 2 is 2.00 bits per heavy atom. The van der Waals surface area contributed by atoms with Crippen LogP contribution in [0.5, 0.6) is 0 Å². The number of amides is 1. The Labute approximate surface area is 85.8 Å². The fraction of sp³-hybridized carbons (Fsp3) is 0. The highest BCUT2D eigenvalue weighted by atomic mass is 16.1. The smallest absolute Gasteiger partial charge is 0.288 e. The second-order valence-electron chi connectivity index (χ2n) is 3.47. The summed E-state index contributed by atoms with van der Waals surface area (Å²) in [6, 6.07) is 5.57. The van der Waals surface area contributed by atoms with Crippen molar-refractivity contribution in [2.24, 2.45) is 10.2 Å². The van der Waals surface area contributed by atoms with Crippen LogP contribution in [0.25, 0.3) is 11.6 Å². The van der Waals surface area contributed by atoms with Crippen molar-refractivity contribution in [3.05, 3.63) is 41.1 Å². The molecule has 0 radical (unpaired) electrons. The van der Waals surface area contributed by atoms with E-state index in [0.717, 1.165) is 22.4 Å². The van der Waals surface area contributed by atoms with Gasteiger partial charge in [-0.3, -0.25) is 4.79 Å². The highest BCUT2D eigenvalue weighted by Gasteiger charge is 2.22. The van der Waals surface area contributed by atoms with E-state index >= 15 is 0 Å². The number of nitrogens with two attached hydrogens (primary N) is 1. The Balaban J connectivity index is 2.25. The summed E-state index contributed by atoms with van der Waals surface area (Å²) >= 11 is 0. The van der Waals surface area contributed by atoms with E-state index in [4.69, 9.17) is 5.73 Å². The first-order chi connectivity index (χ1) is 7.24. The van der Waals surface area contributed by atoms with E-state index in [1.165, 1.54) is 6.08 Å². The Bertz CT molecular complexity index is 567. The molecule has 1 aliphatic carbocycles. The van der Waals surface area contributed by atoms with Crippen LogP contribution in [0.3, 0.4) is 0 Å². The van der Waals surface area contributed by atoms with E-state index in [2.05, 4.69) is 10.2 Å². The fourth-order valence-corrected chi connectivity index (χ4v) is 1.80. The highest BCUT2D eigenvalue weighted by Crippen LogP contribution is 2.38. The van der Waals surface area contributed by atoms with Crippen LogP contribution in [-0.4, -0.2) is 5.91 Å². The number of allylic oxidation sites excluding steroid dienone is 1. The number of hydrogen-bond donors (Lipinski definition) is 1. The van der Waals surface area contributed by atoms with Crippen molar-refractivity contribution in [1.29, 1.82) is 0 Å². The molecule has 0 saturated carbocycles. The van der Waals surface area contributed by atoms with Crippen molar-refractivity contribution in [2.75, 3.05) is 5.73 Å². The van der Waals surface area contributed by atoms with Crippen molar-refractivity contribution >= 4 is 23.2 Å². The van der Waals surface area contributed by atoms with Crippen LogP contribution in [-0.2, 0) is 4.79 Å². The molecular weight excluding hydrogens is 190 g/mol. The second-order valence-corrected chi connectivity index (χ2v) is 3.47. The summed E-state index contributed by atoms with van der Waals surface area (Å²) in [4.78, 5) is 11.1. The molecule has 0 bridgehead atoms. The average molecular weight is 197 g/mol. The lowest BCUT2D eigenvalue weighted by Gasteiger charge is -2.05. The van der Waals surface area contributed by atoms with Crippen molar-refractivity contribution in [3.8, 4) is 0 Å². The second kappa shape index (κ2) is 2.63. The number of carbonyl (C=O) groups excluding carboxylic acids is 1. The molecular formula is C11H7N3O. The van der Waals surface area contributed by atoms with Crippen LogP contribution in [0.4, 0.5) is 5.69 Å². The van der Waals surface area contributed by atoms with Gasteiger partial charge in [0.15, 0.2) is 0 Å². The summed E-state index contributed by atoms with van der Waals surface area (Å²) in [5.74, 6) is -0.313. The van der Waals surface area contributed by atoms with Gasteiger partial charge in [0.2, 0.25) is 0 Å². The third-order valence-electron chi connectivity index (χ3n) is 2.46. The van der Waals surface area contributed by atoms with Gasteiger partial charge in [-0.15, -0.1) is 10.2 Å². The van der Waals surface area contributed by atoms with E-state index in [9.17, 15) is 4.79 Å². The number of carbonyl (C=O) groups is 1. The number of hydrogen-bond acceptors (Lipinski definition) is 3. The van der Waals surface area contributed by atoms with Crippen molar-refractivity contribution in [3.63, 3.8) is 0 Å². The van der Waals surface area contributed by atoms with Gasteiger partial charge >= 0.3 is 0 Å². The zero-order chi connectivity index (χ0) is 10.4. The number of nitrogens with zero attached hydrogens (tertiary/aromatic N) is 2. The molecule has 0 unspecified atom stereocenters. The number of nitrogen functional groups attached to an aromatic ring is 1. The predicted molar refractivity (Wildman–Crippen MR) is 56.7 cm³/mol. The first kappa shape index (κ1) is 8.11. The monoisotopic (exact) mass is 197 g/mol. The maximum atomic E-state index is 11.1. The summed E-state index contributed by atoms with van der Waals surface area (Å²) in [7, 11) is 0. The largest absolute Gasteiger partial charge is 0.399 e. The van der Waals surface area contributed by atoms with Crippen LogP contribution in [0.15, 0.2) is 40.2 Å². The first-order valence-electron chi connectivity index (χ1n) is 4.53. The lowest BCUT2D eigenvalue weighted by atomic mass is 10.0. The van der Waals surface area contributed by atoms with Gasteiger partial charge in [-0.25, -0.2) is 0 Å². The third kappa shape index (κ3) is 1.11. The Morgan fingerprint density at radius 3 is 2.87 bits per heavy atom. The van der Waals surface area contributed by atoms with E-state index in [0.29, 0.717) is 5.69 Å². The number of fused-ring (bicyclic) bond motifs is 3. The van der Waals surface area contributed by atoms with Crippen LogP contribution in [0, 0.1) is 0 Å². The molecule has 0 saturated heterocycles. The average Bonchev–Trinajstić information content (AvgIpc) is 2.54. The highest BCUT2D eigenvalue weighted by molar-refractivity contribution is 6.06. The van der Waals surface area contributed by atoms with E-state index < -0.39 is 0 Å². The molecule has 0 spiro atoms. The minimum atomic E-state index is -0.313. The molecule has 4 nitrogen and oxygen atoms in total. The zero-order valence-corrected chi connectivity index (χ0v) is 7.77. The van der Waals surface area contributed by atoms with Crippen LogP contribution in [0.2, 0.25) is 0 Å². The van der Waals surface area contributed by atoms with E-state index in [1.807, 2.05) is 24.3 Å². The van der Waals surface area contributed by atoms with E-state index in [-0.39, 0.29) is 5.91 Å². The van der Waals surface area contributed by atoms with Gasteiger partial charge in [0, 0.05) is 17.3 Å². The number of benzene rings is 1. The molecule has 1 amide bonds.